The van der Waals surface area contributed by atoms with Crippen molar-refractivity contribution in [3.8, 4) is 5.19 Å². The van der Waals surface area contributed by atoms with E-state index in [1.165, 1.54) is 4.90 Å². The number of ether oxygens (including phenoxy) is 1. The van der Waals surface area contributed by atoms with Crippen molar-refractivity contribution in [1.29, 1.82) is 0 Å². The van der Waals surface area contributed by atoms with E-state index in [9.17, 15) is 4.79 Å². The molecule has 0 bridgehead atoms. The largest absolute Gasteiger partial charge is 0.466 e. The lowest BCUT2D eigenvalue weighted by Crippen LogP contribution is -2.16. The Kier molecular flexibility index (Phi) is 4.21. The summed E-state index contributed by atoms with van der Waals surface area (Å²) < 4.78 is 14.5. The van der Waals surface area contributed by atoms with Gasteiger partial charge in [-0.15, -0.1) is 0 Å². The zero-order chi connectivity index (χ0) is 13.0. The van der Waals surface area contributed by atoms with Crippen LogP contribution in [0.3, 0.4) is 0 Å². The van der Waals surface area contributed by atoms with Gasteiger partial charge in [-0.05, 0) is 12.1 Å². The molecule has 0 atom stereocenters. The molecule has 0 aliphatic rings. The molecular weight excluding hydrogens is 274 g/mol. The molecule has 0 aromatic carbocycles. The Morgan fingerprint density at radius 3 is 3.11 bits per heavy atom. The fraction of sp³-hybridized carbons (Fsp3) is 0.300. The van der Waals surface area contributed by atoms with Gasteiger partial charge < -0.3 is 14.1 Å². The van der Waals surface area contributed by atoms with Gasteiger partial charge in [0, 0.05) is 37.4 Å². The highest BCUT2D eigenvalue weighted by Gasteiger charge is 2.12. The Hall–Kier alpha value is -1.54. The predicted octanol–water partition coefficient (Wildman–Crippen LogP) is 2.48. The number of hydrogen-bond acceptors (Lipinski definition) is 7. The maximum atomic E-state index is 11.4. The van der Waals surface area contributed by atoms with Gasteiger partial charge in [-0.25, -0.2) is 0 Å². The summed E-state index contributed by atoms with van der Waals surface area (Å²) in [6.07, 6.45) is 1.58. The van der Waals surface area contributed by atoms with Crippen LogP contribution in [0.15, 0.2) is 28.0 Å². The topological polar surface area (TPSA) is 68.5 Å². The number of amides is 1. The number of thioether (sulfide) groups is 1. The minimum absolute atomic E-state index is 0.120. The third-order valence-corrected chi connectivity index (χ3v) is 3.50. The first-order valence-corrected chi connectivity index (χ1v) is 6.62. The number of hydrogen-bond donors (Lipinski definition) is 0. The van der Waals surface area contributed by atoms with Crippen molar-refractivity contribution >= 4 is 28.5 Å². The van der Waals surface area contributed by atoms with Gasteiger partial charge in [0.2, 0.25) is 5.16 Å². The minimum Gasteiger partial charge on any atom is -0.466 e. The Labute approximate surface area is 112 Å². The fourth-order valence-corrected chi connectivity index (χ4v) is 2.22. The third kappa shape index (κ3) is 3.47. The summed E-state index contributed by atoms with van der Waals surface area (Å²) in [7, 11) is 3.35. The first-order chi connectivity index (χ1) is 8.65. The van der Waals surface area contributed by atoms with Crippen molar-refractivity contribution in [2.45, 2.75) is 11.8 Å². The van der Waals surface area contributed by atoms with E-state index in [0.717, 1.165) is 23.3 Å². The van der Waals surface area contributed by atoms with Gasteiger partial charge in [-0.2, -0.15) is 9.36 Å². The first kappa shape index (κ1) is 12.9. The Morgan fingerprint density at radius 2 is 2.44 bits per heavy atom. The van der Waals surface area contributed by atoms with Crippen molar-refractivity contribution in [3.05, 3.63) is 24.2 Å². The molecular formula is C10H11N3O3S2. The molecule has 0 aliphatic heterocycles. The molecule has 96 valence electrons. The maximum absolute atomic E-state index is 11.4. The molecule has 0 unspecified atom stereocenters. The van der Waals surface area contributed by atoms with Crippen molar-refractivity contribution in [3.63, 3.8) is 0 Å². The molecule has 18 heavy (non-hydrogen) atoms. The van der Waals surface area contributed by atoms with Crippen molar-refractivity contribution < 1.29 is 13.9 Å². The van der Waals surface area contributed by atoms with Crippen molar-refractivity contribution in [1.82, 2.24) is 14.3 Å². The van der Waals surface area contributed by atoms with E-state index in [-0.39, 0.29) is 5.24 Å². The van der Waals surface area contributed by atoms with Gasteiger partial charge in [0.1, 0.15) is 12.4 Å². The van der Waals surface area contributed by atoms with Crippen LogP contribution >= 0.6 is 23.3 Å². The van der Waals surface area contributed by atoms with E-state index in [1.54, 1.807) is 26.4 Å². The van der Waals surface area contributed by atoms with E-state index < -0.39 is 0 Å². The molecule has 2 aromatic rings. The normalized spacial score (nSPS) is 10.3. The Bertz CT molecular complexity index is 510. The second-order valence-corrected chi connectivity index (χ2v) is 5.11. The van der Waals surface area contributed by atoms with E-state index in [1.807, 2.05) is 6.07 Å². The van der Waals surface area contributed by atoms with E-state index in [2.05, 4.69) is 9.36 Å². The van der Waals surface area contributed by atoms with Crippen LogP contribution < -0.4 is 4.74 Å². The van der Waals surface area contributed by atoms with Gasteiger partial charge in [-0.3, -0.25) is 4.79 Å². The van der Waals surface area contributed by atoms with Crippen LogP contribution in [-0.4, -0.2) is 33.6 Å². The van der Waals surface area contributed by atoms with Gasteiger partial charge in [0.05, 0.1) is 6.26 Å². The Morgan fingerprint density at radius 1 is 1.61 bits per heavy atom. The summed E-state index contributed by atoms with van der Waals surface area (Å²) in [5, 5.41) is 0.694. The minimum atomic E-state index is -0.120. The highest BCUT2D eigenvalue weighted by Crippen LogP contribution is 2.23. The molecule has 2 heterocycles. The lowest BCUT2D eigenvalue weighted by molar-refractivity contribution is 0.241. The van der Waals surface area contributed by atoms with Crippen LogP contribution in [-0.2, 0) is 6.61 Å². The van der Waals surface area contributed by atoms with Crippen LogP contribution in [0.25, 0.3) is 0 Å². The number of rotatable bonds is 4. The number of carbonyl (C=O) groups is 1. The zero-order valence-electron chi connectivity index (χ0n) is 9.82. The monoisotopic (exact) mass is 285 g/mol. The highest BCUT2D eigenvalue weighted by atomic mass is 32.2. The molecule has 2 rings (SSSR count). The standard InChI is InChI=1S/C10H11N3O3S2/c1-13(2)10(14)17-8-11-9(18-12-8)16-6-7-4-3-5-15-7/h3-5H,6H2,1-2H3. The summed E-state index contributed by atoms with van der Waals surface area (Å²) in [6.45, 7) is 0.300. The predicted molar refractivity (Wildman–Crippen MR) is 67.9 cm³/mol. The summed E-state index contributed by atoms with van der Waals surface area (Å²) in [6, 6.07) is 3.60. The summed E-state index contributed by atoms with van der Waals surface area (Å²) in [4.78, 5) is 17.0. The SMILES string of the molecule is CN(C)C(=O)Sc1nsc(OCc2ccco2)n1. The van der Waals surface area contributed by atoms with Gasteiger partial charge in [0.15, 0.2) is 0 Å². The molecule has 0 saturated carbocycles. The molecule has 6 nitrogen and oxygen atoms in total. The van der Waals surface area contributed by atoms with Gasteiger partial charge in [-0.1, -0.05) is 0 Å². The lowest BCUT2D eigenvalue weighted by Gasteiger charge is -2.06. The van der Waals surface area contributed by atoms with Crippen LogP contribution in [0.2, 0.25) is 0 Å². The second kappa shape index (κ2) is 5.87. The average Bonchev–Trinajstić information content (AvgIpc) is 2.96. The molecule has 0 fully saturated rings. The summed E-state index contributed by atoms with van der Waals surface area (Å²) >= 11 is 2.08. The number of aromatic nitrogens is 2. The Balaban J connectivity index is 1.88. The van der Waals surface area contributed by atoms with Crippen molar-refractivity contribution in [2.24, 2.45) is 0 Å². The average molecular weight is 285 g/mol. The number of furan rings is 1. The molecule has 1 amide bonds. The van der Waals surface area contributed by atoms with Crippen molar-refractivity contribution in [2.75, 3.05) is 14.1 Å². The van der Waals surface area contributed by atoms with E-state index >= 15 is 0 Å². The maximum Gasteiger partial charge on any atom is 0.294 e. The van der Waals surface area contributed by atoms with Crippen LogP contribution in [0.4, 0.5) is 4.79 Å². The third-order valence-electron chi connectivity index (χ3n) is 1.85. The van der Waals surface area contributed by atoms with Crippen LogP contribution in [0, 0.1) is 0 Å². The number of carbonyl (C=O) groups excluding carboxylic acids is 1. The molecule has 0 N–H and O–H groups in total. The molecule has 2 aromatic heterocycles. The second-order valence-electron chi connectivity index (χ2n) is 3.47. The highest BCUT2D eigenvalue weighted by molar-refractivity contribution is 8.13. The molecule has 0 aliphatic carbocycles. The molecule has 0 spiro atoms. The summed E-state index contributed by atoms with van der Waals surface area (Å²) in [5.41, 5.74) is 0. The molecule has 0 saturated heterocycles. The number of nitrogens with zero attached hydrogens (tertiary/aromatic N) is 3. The fourth-order valence-electron chi connectivity index (χ4n) is 0.994. The van der Waals surface area contributed by atoms with Gasteiger partial charge >= 0.3 is 0 Å². The van der Waals surface area contributed by atoms with Gasteiger partial charge in [0.25, 0.3) is 10.4 Å². The first-order valence-electron chi connectivity index (χ1n) is 5.03. The van der Waals surface area contributed by atoms with E-state index in [4.69, 9.17) is 9.15 Å². The summed E-state index contributed by atoms with van der Waals surface area (Å²) in [5.74, 6) is 0.712. The van der Waals surface area contributed by atoms with Crippen LogP contribution in [0.1, 0.15) is 5.76 Å². The molecule has 0 radical (unpaired) electrons. The lowest BCUT2D eigenvalue weighted by atomic mass is 10.5. The quantitative estimate of drug-likeness (QED) is 0.804. The van der Waals surface area contributed by atoms with Crippen LogP contribution in [0.5, 0.6) is 5.19 Å². The smallest absolute Gasteiger partial charge is 0.294 e. The molecule has 8 heteroatoms. The van der Waals surface area contributed by atoms with E-state index in [0.29, 0.717) is 22.7 Å². The zero-order valence-corrected chi connectivity index (χ0v) is 11.5.